The summed E-state index contributed by atoms with van der Waals surface area (Å²) >= 11 is 19.2. The fourth-order valence-corrected chi connectivity index (χ4v) is 3.26. The molecule has 0 atom stereocenters. The highest BCUT2D eigenvalue weighted by Gasteiger charge is 2.34. The first kappa shape index (κ1) is 15.3. The van der Waals surface area contributed by atoms with E-state index in [-0.39, 0.29) is 0 Å². The van der Waals surface area contributed by atoms with Gasteiger partial charge in [-0.1, -0.05) is 29.3 Å². The third-order valence-corrected chi connectivity index (χ3v) is 4.16. The Morgan fingerprint density at radius 3 is 2.00 bits per heavy atom. The van der Waals surface area contributed by atoms with Gasteiger partial charge in [0.15, 0.2) is 0 Å². The molecular formula is C13H11Cl3N6. The molecule has 0 unspecified atom stereocenters. The Kier molecular flexibility index (Phi) is 4.33. The van der Waals surface area contributed by atoms with Crippen molar-refractivity contribution in [3.05, 3.63) is 59.1 Å². The van der Waals surface area contributed by atoms with Gasteiger partial charge in [0, 0.05) is 10.0 Å². The Hall–Kier alpha value is -1.63. The first-order valence-electron chi connectivity index (χ1n) is 6.36. The second-order valence-corrected chi connectivity index (χ2v) is 6.34. The zero-order valence-corrected chi connectivity index (χ0v) is 13.5. The Morgan fingerprint density at radius 1 is 0.955 bits per heavy atom. The highest BCUT2D eigenvalue weighted by molar-refractivity contribution is 6.36. The van der Waals surface area contributed by atoms with Gasteiger partial charge >= 0.3 is 0 Å². The first-order valence-corrected chi connectivity index (χ1v) is 7.49. The lowest BCUT2D eigenvalue weighted by Crippen LogP contribution is -2.31. The maximum atomic E-state index is 6.90. The monoisotopic (exact) mass is 356 g/mol. The summed E-state index contributed by atoms with van der Waals surface area (Å²) in [5, 5.41) is 9.26. The molecule has 2 heterocycles. The number of hydrogen-bond acceptors (Lipinski definition) is 4. The van der Waals surface area contributed by atoms with Gasteiger partial charge in [-0.3, -0.25) is 9.36 Å². The first-order chi connectivity index (χ1) is 10.6. The maximum Gasteiger partial charge on any atom is 0.137 e. The molecule has 0 aliphatic rings. The molecule has 0 saturated carbocycles. The minimum atomic E-state index is -0.872. The van der Waals surface area contributed by atoms with Crippen LogP contribution in [-0.2, 0) is 18.0 Å². The van der Waals surface area contributed by atoms with Crippen molar-refractivity contribution in [2.24, 2.45) is 0 Å². The predicted octanol–water partition coefficient (Wildman–Crippen LogP) is 3.01. The molecule has 1 aromatic carbocycles. The van der Waals surface area contributed by atoms with Gasteiger partial charge < -0.3 is 0 Å². The third-order valence-electron chi connectivity index (χ3n) is 3.17. The summed E-state index contributed by atoms with van der Waals surface area (Å²) in [6.45, 7) is 0.742. The summed E-state index contributed by atoms with van der Waals surface area (Å²) in [6.07, 6.45) is 6.11. The van der Waals surface area contributed by atoms with E-state index in [4.69, 9.17) is 34.8 Å². The molecule has 114 valence electrons. The fraction of sp³-hybridized carbons (Fsp3) is 0.231. The lowest BCUT2D eigenvalue weighted by Gasteiger charge is -2.28. The largest absolute Gasteiger partial charge is 0.251 e. The van der Waals surface area contributed by atoms with Crippen molar-refractivity contribution < 1.29 is 0 Å². The number of aromatic nitrogens is 6. The molecule has 0 amide bonds. The second-order valence-electron chi connectivity index (χ2n) is 4.78. The van der Waals surface area contributed by atoms with Crippen LogP contribution in [0, 0.1) is 0 Å². The highest BCUT2D eigenvalue weighted by Crippen LogP contribution is 2.38. The van der Waals surface area contributed by atoms with Crippen LogP contribution in [0.4, 0.5) is 0 Å². The van der Waals surface area contributed by atoms with E-state index in [2.05, 4.69) is 20.2 Å². The number of halogens is 3. The summed E-state index contributed by atoms with van der Waals surface area (Å²) < 4.78 is 3.30. The summed E-state index contributed by atoms with van der Waals surface area (Å²) in [4.78, 5) is 7.00. The number of benzene rings is 1. The second kappa shape index (κ2) is 6.24. The third kappa shape index (κ3) is 3.24. The van der Waals surface area contributed by atoms with E-state index in [0.717, 1.165) is 5.56 Å². The van der Waals surface area contributed by atoms with Crippen LogP contribution in [-0.4, -0.2) is 29.5 Å². The fourth-order valence-electron chi connectivity index (χ4n) is 2.22. The lowest BCUT2D eigenvalue weighted by molar-refractivity contribution is 0.392. The normalized spacial score (nSPS) is 11.8. The van der Waals surface area contributed by atoms with Gasteiger partial charge in [-0.05, 0) is 17.7 Å². The van der Waals surface area contributed by atoms with Crippen LogP contribution >= 0.6 is 34.8 Å². The molecule has 0 radical (unpaired) electrons. The standard InChI is InChI=1S/C13H11Cl3N6/c14-10-1-2-11(12(15)3-10)13(16,4-21-8-17-6-19-21)5-22-9-18-7-20-22/h1-3,6-9H,4-5H2. The minimum absolute atomic E-state index is 0.371. The van der Waals surface area contributed by atoms with Gasteiger partial charge in [0.2, 0.25) is 0 Å². The molecule has 0 fully saturated rings. The molecule has 0 aliphatic carbocycles. The zero-order chi connectivity index (χ0) is 15.6. The molecule has 0 N–H and O–H groups in total. The summed E-state index contributed by atoms with van der Waals surface area (Å²) in [6, 6.07) is 5.23. The Morgan fingerprint density at radius 2 is 1.55 bits per heavy atom. The Labute approximate surface area is 141 Å². The van der Waals surface area contributed by atoms with Crippen molar-refractivity contribution in [1.82, 2.24) is 29.5 Å². The average molecular weight is 358 g/mol. The van der Waals surface area contributed by atoms with Crippen LogP contribution in [0.15, 0.2) is 43.5 Å². The van der Waals surface area contributed by atoms with Crippen molar-refractivity contribution in [3.8, 4) is 0 Å². The Balaban J connectivity index is 2.01. The van der Waals surface area contributed by atoms with Gasteiger partial charge in [-0.25, -0.2) is 9.97 Å². The topological polar surface area (TPSA) is 61.4 Å². The smallest absolute Gasteiger partial charge is 0.137 e. The van der Waals surface area contributed by atoms with Crippen LogP contribution < -0.4 is 0 Å². The molecule has 0 aliphatic heterocycles. The predicted molar refractivity (Wildman–Crippen MR) is 84.0 cm³/mol. The van der Waals surface area contributed by atoms with Gasteiger partial charge in [0.25, 0.3) is 0 Å². The van der Waals surface area contributed by atoms with Gasteiger partial charge in [-0.15, -0.1) is 11.6 Å². The van der Waals surface area contributed by atoms with E-state index < -0.39 is 4.87 Å². The molecule has 22 heavy (non-hydrogen) atoms. The number of rotatable bonds is 5. The van der Waals surface area contributed by atoms with Crippen LogP contribution in [0.3, 0.4) is 0 Å². The molecular weight excluding hydrogens is 347 g/mol. The van der Waals surface area contributed by atoms with E-state index in [9.17, 15) is 0 Å². The van der Waals surface area contributed by atoms with Crippen molar-refractivity contribution >= 4 is 34.8 Å². The van der Waals surface area contributed by atoms with Crippen LogP contribution in [0.5, 0.6) is 0 Å². The van der Waals surface area contributed by atoms with E-state index in [1.54, 1.807) is 34.2 Å². The molecule has 6 nitrogen and oxygen atoms in total. The van der Waals surface area contributed by atoms with Crippen molar-refractivity contribution in [2.75, 3.05) is 0 Å². The number of alkyl halides is 1. The van der Waals surface area contributed by atoms with Gasteiger partial charge in [0.1, 0.15) is 30.2 Å². The summed E-state index contributed by atoms with van der Waals surface area (Å²) in [5.74, 6) is 0. The SMILES string of the molecule is Clc1ccc(C(Cl)(Cn2cncn2)Cn2cncn2)c(Cl)c1. The zero-order valence-electron chi connectivity index (χ0n) is 11.3. The molecule has 0 spiro atoms. The van der Waals surface area contributed by atoms with Gasteiger partial charge in [0.05, 0.1) is 13.1 Å². The maximum absolute atomic E-state index is 6.90. The lowest BCUT2D eigenvalue weighted by atomic mass is 9.97. The highest BCUT2D eigenvalue weighted by atomic mass is 35.5. The van der Waals surface area contributed by atoms with Crippen molar-refractivity contribution in [3.63, 3.8) is 0 Å². The van der Waals surface area contributed by atoms with Crippen LogP contribution in [0.1, 0.15) is 5.56 Å². The van der Waals surface area contributed by atoms with Crippen molar-refractivity contribution in [1.29, 1.82) is 0 Å². The molecule has 2 aromatic heterocycles. The number of nitrogens with zero attached hydrogens (tertiary/aromatic N) is 6. The van der Waals surface area contributed by atoms with E-state index in [1.807, 2.05) is 6.07 Å². The van der Waals surface area contributed by atoms with E-state index >= 15 is 0 Å². The number of hydrogen-bond donors (Lipinski definition) is 0. The summed E-state index contributed by atoms with van der Waals surface area (Å²) in [7, 11) is 0. The quantitative estimate of drug-likeness (QED) is 0.659. The van der Waals surface area contributed by atoms with Gasteiger partial charge in [-0.2, -0.15) is 10.2 Å². The summed E-state index contributed by atoms with van der Waals surface area (Å²) in [5.41, 5.74) is 0.742. The van der Waals surface area contributed by atoms with E-state index in [0.29, 0.717) is 23.1 Å². The Bertz CT molecular complexity index is 705. The van der Waals surface area contributed by atoms with Crippen molar-refractivity contribution in [2.45, 2.75) is 18.0 Å². The molecule has 3 rings (SSSR count). The minimum Gasteiger partial charge on any atom is -0.251 e. The van der Waals surface area contributed by atoms with E-state index in [1.165, 1.54) is 12.7 Å². The van der Waals surface area contributed by atoms with Crippen LogP contribution in [0.25, 0.3) is 0 Å². The molecule has 0 bridgehead atoms. The molecule has 9 heteroatoms. The average Bonchev–Trinajstić information content (AvgIpc) is 3.12. The van der Waals surface area contributed by atoms with Crippen LogP contribution in [0.2, 0.25) is 10.0 Å². The molecule has 0 saturated heterocycles. The molecule has 3 aromatic rings.